The van der Waals surface area contributed by atoms with Gasteiger partial charge in [0.05, 0.1) is 13.2 Å². The first-order valence-electron chi connectivity index (χ1n) is 5.77. The summed E-state index contributed by atoms with van der Waals surface area (Å²) in [6.45, 7) is 7.76. The summed E-state index contributed by atoms with van der Waals surface area (Å²) in [4.78, 5) is 13.6. The molecule has 0 spiro atoms. The Kier molecular flexibility index (Phi) is 9.18. The molecule has 0 aliphatic rings. The van der Waals surface area contributed by atoms with Gasteiger partial charge in [-0.25, -0.2) is 0 Å². The summed E-state index contributed by atoms with van der Waals surface area (Å²) in [5.74, 6) is 0.0173. The highest BCUT2D eigenvalue weighted by Gasteiger charge is 2.05. The maximum absolute atomic E-state index is 11.4. The van der Waals surface area contributed by atoms with Gasteiger partial charge in [0.25, 0.3) is 0 Å². The lowest BCUT2D eigenvalue weighted by atomic mass is 10.3. The summed E-state index contributed by atoms with van der Waals surface area (Å²) < 4.78 is 4.93. The van der Waals surface area contributed by atoms with Crippen LogP contribution in [0.5, 0.6) is 0 Å². The highest BCUT2D eigenvalue weighted by atomic mass is 16.5. The van der Waals surface area contributed by atoms with E-state index in [0.29, 0.717) is 13.2 Å². The Bertz CT molecular complexity index is 188. The number of nitrogens with one attached hydrogen (secondary N) is 2. The van der Waals surface area contributed by atoms with E-state index in [-0.39, 0.29) is 11.9 Å². The summed E-state index contributed by atoms with van der Waals surface area (Å²) in [6.07, 6.45) is 0. The number of methoxy groups -OCH3 is 1. The number of likely N-dealkylation sites (N-methyl/N-ethyl adjacent to an activating group) is 1. The minimum atomic E-state index is 0.0173. The standard InChI is InChI=1S/C11H25N3O2/c1-5-14(3)7-6-12-8-11(15)13-10(2)9-16-4/h10,12H,5-9H2,1-4H3,(H,13,15). The summed E-state index contributed by atoms with van der Waals surface area (Å²) >= 11 is 0. The lowest BCUT2D eigenvalue weighted by molar-refractivity contribution is -0.121. The second-order valence-electron chi connectivity index (χ2n) is 4.00. The molecular formula is C11H25N3O2. The Morgan fingerprint density at radius 3 is 2.75 bits per heavy atom. The highest BCUT2D eigenvalue weighted by molar-refractivity contribution is 5.78. The number of carbonyl (C=O) groups is 1. The van der Waals surface area contributed by atoms with Gasteiger partial charge >= 0.3 is 0 Å². The van der Waals surface area contributed by atoms with E-state index < -0.39 is 0 Å². The minimum Gasteiger partial charge on any atom is -0.383 e. The van der Waals surface area contributed by atoms with Gasteiger partial charge in [0.2, 0.25) is 5.91 Å². The molecule has 0 rings (SSSR count). The van der Waals surface area contributed by atoms with Crippen molar-refractivity contribution in [2.75, 3.05) is 46.9 Å². The maximum Gasteiger partial charge on any atom is 0.234 e. The Hall–Kier alpha value is -0.650. The van der Waals surface area contributed by atoms with E-state index >= 15 is 0 Å². The molecule has 0 aromatic rings. The third-order valence-corrected chi connectivity index (χ3v) is 2.32. The zero-order valence-corrected chi connectivity index (χ0v) is 10.9. The van der Waals surface area contributed by atoms with Crippen molar-refractivity contribution in [1.82, 2.24) is 15.5 Å². The van der Waals surface area contributed by atoms with Crippen molar-refractivity contribution in [3.63, 3.8) is 0 Å². The number of hydrogen-bond donors (Lipinski definition) is 2. The zero-order chi connectivity index (χ0) is 12.4. The van der Waals surface area contributed by atoms with Crippen LogP contribution in [0.2, 0.25) is 0 Å². The predicted octanol–water partition coefficient (Wildman–Crippen LogP) is -0.321. The summed E-state index contributed by atoms with van der Waals surface area (Å²) in [5.41, 5.74) is 0. The van der Waals surface area contributed by atoms with Crippen LogP contribution in [-0.4, -0.2) is 63.8 Å². The fourth-order valence-electron chi connectivity index (χ4n) is 1.25. The molecule has 0 aliphatic heterocycles. The average molecular weight is 231 g/mol. The highest BCUT2D eigenvalue weighted by Crippen LogP contribution is 1.82. The van der Waals surface area contributed by atoms with Gasteiger partial charge in [0.1, 0.15) is 0 Å². The molecule has 0 aliphatic carbocycles. The fourth-order valence-corrected chi connectivity index (χ4v) is 1.25. The summed E-state index contributed by atoms with van der Waals surface area (Å²) in [5, 5.41) is 5.95. The van der Waals surface area contributed by atoms with Gasteiger partial charge in [0.15, 0.2) is 0 Å². The van der Waals surface area contributed by atoms with Crippen LogP contribution in [-0.2, 0) is 9.53 Å². The van der Waals surface area contributed by atoms with Gasteiger partial charge in [-0.1, -0.05) is 6.92 Å². The fraction of sp³-hybridized carbons (Fsp3) is 0.909. The Labute approximate surface area is 98.5 Å². The van der Waals surface area contributed by atoms with E-state index in [9.17, 15) is 4.79 Å². The number of nitrogens with zero attached hydrogens (tertiary/aromatic N) is 1. The van der Waals surface area contributed by atoms with Crippen LogP contribution in [0.1, 0.15) is 13.8 Å². The van der Waals surface area contributed by atoms with E-state index in [1.54, 1.807) is 7.11 Å². The first kappa shape index (κ1) is 15.3. The number of rotatable bonds is 9. The van der Waals surface area contributed by atoms with Crippen molar-refractivity contribution < 1.29 is 9.53 Å². The molecule has 0 fully saturated rings. The monoisotopic (exact) mass is 231 g/mol. The van der Waals surface area contributed by atoms with Crippen LogP contribution in [0.25, 0.3) is 0 Å². The maximum atomic E-state index is 11.4. The second kappa shape index (κ2) is 9.57. The van der Waals surface area contributed by atoms with E-state index in [1.165, 1.54) is 0 Å². The topological polar surface area (TPSA) is 53.6 Å². The zero-order valence-electron chi connectivity index (χ0n) is 10.9. The molecular weight excluding hydrogens is 206 g/mol. The number of amides is 1. The van der Waals surface area contributed by atoms with Crippen molar-refractivity contribution in [2.45, 2.75) is 19.9 Å². The Balaban J connectivity index is 3.43. The van der Waals surface area contributed by atoms with Gasteiger partial charge in [-0.05, 0) is 20.5 Å². The molecule has 0 saturated heterocycles. The van der Waals surface area contributed by atoms with Crippen molar-refractivity contribution in [1.29, 1.82) is 0 Å². The largest absolute Gasteiger partial charge is 0.383 e. The van der Waals surface area contributed by atoms with Crippen LogP contribution in [0.3, 0.4) is 0 Å². The second-order valence-corrected chi connectivity index (χ2v) is 4.00. The van der Waals surface area contributed by atoms with Crippen LogP contribution in [0, 0.1) is 0 Å². The van der Waals surface area contributed by atoms with E-state index in [2.05, 4.69) is 29.5 Å². The predicted molar refractivity (Wildman–Crippen MR) is 65.5 cm³/mol. The van der Waals surface area contributed by atoms with Crippen LogP contribution in [0.15, 0.2) is 0 Å². The minimum absolute atomic E-state index is 0.0173. The molecule has 0 heterocycles. The number of hydrogen-bond acceptors (Lipinski definition) is 4. The Morgan fingerprint density at radius 1 is 1.50 bits per heavy atom. The molecule has 5 nitrogen and oxygen atoms in total. The summed E-state index contributed by atoms with van der Waals surface area (Å²) in [7, 11) is 3.68. The Morgan fingerprint density at radius 2 is 2.19 bits per heavy atom. The molecule has 0 aromatic carbocycles. The van der Waals surface area contributed by atoms with Crippen molar-refractivity contribution in [3.05, 3.63) is 0 Å². The molecule has 1 unspecified atom stereocenters. The van der Waals surface area contributed by atoms with Gasteiger partial charge in [-0.15, -0.1) is 0 Å². The first-order valence-corrected chi connectivity index (χ1v) is 5.77. The van der Waals surface area contributed by atoms with Crippen molar-refractivity contribution >= 4 is 5.91 Å². The number of ether oxygens (including phenoxy) is 1. The normalized spacial score (nSPS) is 12.8. The molecule has 0 bridgehead atoms. The smallest absolute Gasteiger partial charge is 0.234 e. The molecule has 2 N–H and O–H groups in total. The first-order chi connectivity index (χ1) is 7.60. The third kappa shape index (κ3) is 8.64. The van der Waals surface area contributed by atoms with Gasteiger partial charge in [-0.3, -0.25) is 4.79 Å². The van der Waals surface area contributed by atoms with Crippen molar-refractivity contribution in [2.24, 2.45) is 0 Å². The van der Waals surface area contributed by atoms with Crippen LogP contribution in [0.4, 0.5) is 0 Å². The molecule has 5 heteroatoms. The van der Waals surface area contributed by atoms with Gasteiger partial charge < -0.3 is 20.3 Å². The molecule has 96 valence electrons. The molecule has 1 amide bonds. The lowest BCUT2D eigenvalue weighted by Gasteiger charge is -2.15. The van der Waals surface area contributed by atoms with E-state index in [4.69, 9.17) is 4.74 Å². The molecule has 1 atom stereocenters. The average Bonchev–Trinajstić information content (AvgIpc) is 2.24. The van der Waals surface area contributed by atoms with E-state index in [1.807, 2.05) is 6.92 Å². The molecule has 16 heavy (non-hydrogen) atoms. The molecule has 0 aromatic heterocycles. The van der Waals surface area contributed by atoms with Gasteiger partial charge in [-0.2, -0.15) is 0 Å². The third-order valence-electron chi connectivity index (χ3n) is 2.32. The van der Waals surface area contributed by atoms with Crippen LogP contribution < -0.4 is 10.6 Å². The van der Waals surface area contributed by atoms with Crippen molar-refractivity contribution in [3.8, 4) is 0 Å². The molecule has 0 radical (unpaired) electrons. The van der Waals surface area contributed by atoms with E-state index in [0.717, 1.165) is 19.6 Å². The summed E-state index contributed by atoms with van der Waals surface area (Å²) in [6, 6.07) is 0.0672. The molecule has 0 saturated carbocycles. The lowest BCUT2D eigenvalue weighted by Crippen LogP contribution is -2.42. The SMILES string of the molecule is CCN(C)CCNCC(=O)NC(C)COC. The van der Waals surface area contributed by atoms with Crippen LogP contribution >= 0.6 is 0 Å². The van der Waals surface area contributed by atoms with Gasteiger partial charge in [0, 0.05) is 26.2 Å². The number of carbonyl (C=O) groups excluding carboxylic acids is 1. The quantitative estimate of drug-likeness (QED) is 0.534.